The van der Waals surface area contributed by atoms with Gasteiger partial charge in [-0.2, -0.15) is 0 Å². The van der Waals surface area contributed by atoms with E-state index in [4.69, 9.17) is 4.74 Å². The summed E-state index contributed by atoms with van der Waals surface area (Å²) >= 11 is 0. The van der Waals surface area contributed by atoms with E-state index in [-0.39, 0.29) is 23.7 Å². The Kier molecular flexibility index (Phi) is 5.78. The van der Waals surface area contributed by atoms with Crippen molar-refractivity contribution in [3.8, 4) is 0 Å². The fourth-order valence-corrected chi connectivity index (χ4v) is 3.69. The van der Waals surface area contributed by atoms with Crippen molar-refractivity contribution in [2.24, 2.45) is 0 Å². The second-order valence-corrected chi connectivity index (χ2v) is 8.15. The Bertz CT molecular complexity index is 801. The van der Waals surface area contributed by atoms with Crippen LogP contribution in [-0.2, 0) is 26.0 Å². The highest BCUT2D eigenvalue weighted by Crippen LogP contribution is 2.14. The van der Waals surface area contributed by atoms with Gasteiger partial charge in [-0.25, -0.2) is 8.42 Å². The van der Waals surface area contributed by atoms with E-state index >= 15 is 0 Å². The first-order valence-electron chi connectivity index (χ1n) is 7.78. The summed E-state index contributed by atoms with van der Waals surface area (Å²) in [6.45, 7) is 6.01. The minimum atomic E-state index is -3.47. The van der Waals surface area contributed by atoms with Gasteiger partial charge < -0.3 is 4.74 Å². The zero-order valence-corrected chi connectivity index (χ0v) is 15.0. The van der Waals surface area contributed by atoms with Gasteiger partial charge in [0.05, 0.1) is 17.1 Å². The van der Waals surface area contributed by atoms with E-state index in [1.54, 1.807) is 24.3 Å². The molecule has 0 spiro atoms. The van der Waals surface area contributed by atoms with Crippen molar-refractivity contribution in [2.45, 2.75) is 38.7 Å². The van der Waals surface area contributed by atoms with Crippen LogP contribution in [0, 0.1) is 20.8 Å². The van der Waals surface area contributed by atoms with Crippen LogP contribution < -0.4 is 0 Å². The van der Waals surface area contributed by atoms with E-state index < -0.39 is 15.8 Å². The van der Waals surface area contributed by atoms with E-state index in [1.165, 1.54) is 0 Å². The highest BCUT2D eigenvalue weighted by Gasteiger charge is 2.17. The maximum Gasteiger partial charge on any atom is 0.307 e. The molecule has 0 aromatic heterocycles. The first-order chi connectivity index (χ1) is 11.3. The van der Waals surface area contributed by atoms with E-state index in [2.05, 4.69) is 0 Å². The van der Waals surface area contributed by atoms with Gasteiger partial charge in [0.1, 0.15) is 6.61 Å². The number of hydrogen-bond acceptors (Lipinski definition) is 4. The molecule has 0 saturated carbocycles. The summed E-state index contributed by atoms with van der Waals surface area (Å²) in [5.41, 5.74) is 4.09. The molecule has 0 N–H and O–H groups in total. The third-order valence-electron chi connectivity index (χ3n) is 3.64. The number of ether oxygens (including phenoxy) is 1. The molecular formula is C19H22O4S. The van der Waals surface area contributed by atoms with Gasteiger partial charge in [0, 0.05) is 0 Å². The summed E-state index contributed by atoms with van der Waals surface area (Å²) in [4.78, 5) is 12.1. The summed E-state index contributed by atoms with van der Waals surface area (Å²) in [6, 6.07) is 12.5. The zero-order chi connectivity index (χ0) is 17.7. The van der Waals surface area contributed by atoms with Crippen molar-refractivity contribution >= 4 is 15.8 Å². The van der Waals surface area contributed by atoms with Crippen molar-refractivity contribution < 1.29 is 17.9 Å². The van der Waals surface area contributed by atoms with Gasteiger partial charge in [-0.05, 0) is 38.5 Å². The average Bonchev–Trinajstić information content (AvgIpc) is 2.50. The lowest BCUT2D eigenvalue weighted by molar-refractivity contribution is -0.144. The highest BCUT2D eigenvalue weighted by molar-refractivity contribution is 7.91. The lowest BCUT2D eigenvalue weighted by Gasteiger charge is -2.08. The third kappa shape index (κ3) is 5.20. The quantitative estimate of drug-likeness (QED) is 0.751. The Balaban J connectivity index is 1.89. The highest BCUT2D eigenvalue weighted by atomic mass is 32.2. The number of carbonyl (C=O) groups excluding carboxylic acids is 1. The second kappa shape index (κ2) is 7.62. The van der Waals surface area contributed by atoms with Crippen molar-refractivity contribution in [1.29, 1.82) is 0 Å². The van der Waals surface area contributed by atoms with Crippen molar-refractivity contribution in [3.63, 3.8) is 0 Å². The number of esters is 1. The number of carbonyl (C=O) groups is 1. The molecule has 0 radical (unpaired) electrons. The van der Waals surface area contributed by atoms with E-state index in [1.807, 2.05) is 39.0 Å². The first kappa shape index (κ1) is 18.2. The number of rotatable bonds is 6. The molecule has 0 aliphatic rings. The Morgan fingerprint density at radius 2 is 1.50 bits per heavy atom. The summed E-state index contributed by atoms with van der Waals surface area (Å²) in [7, 11) is -3.47. The standard InChI is InChI=1S/C19H22O4S/c1-14-4-6-18(7-5-14)24(21,22)9-8-19(20)23-13-17-11-15(2)10-16(3)12-17/h4-7,10-12H,8-9,13H2,1-3H3. The molecule has 2 aromatic carbocycles. The van der Waals surface area contributed by atoms with Crippen LogP contribution in [0.3, 0.4) is 0 Å². The lowest BCUT2D eigenvalue weighted by atomic mass is 10.1. The van der Waals surface area contributed by atoms with Gasteiger partial charge in [0.2, 0.25) is 0 Å². The molecular weight excluding hydrogens is 324 g/mol. The Morgan fingerprint density at radius 3 is 2.08 bits per heavy atom. The maximum atomic E-state index is 12.2. The number of hydrogen-bond donors (Lipinski definition) is 0. The van der Waals surface area contributed by atoms with Gasteiger partial charge >= 0.3 is 5.97 Å². The predicted octanol–water partition coefficient (Wildman–Crippen LogP) is 3.52. The number of sulfone groups is 1. The van der Waals surface area contributed by atoms with E-state index in [0.29, 0.717) is 0 Å². The van der Waals surface area contributed by atoms with Gasteiger partial charge in [-0.3, -0.25) is 4.79 Å². The third-order valence-corrected chi connectivity index (χ3v) is 5.37. The Morgan fingerprint density at radius 1 is 0.917 bits per heavy atom. The Labute approximate surface area is 143 Å². The fourth-order valence-electron chi connectivity index (χ4n) is 2.47. The van der Waals surface area contributed by atoms with Crippen LogP contribution in [0.4, 0.5) is 0 Å². The molecule has 2 rings (SSSR count). The molecule has 0 amide bonds. The van der Waals surface area contributed by atoms with Gasteiger partial charge in [-0.1, -0.05) is 47.0 Å². The van der Waals surface area contributed by atoms with Crippen LogP contribution in [0.15, 0.2) is 47.4 Å². The SMILES string of the molecule is Cc1ccc(S(=O)(=O)CCC(=O)OCc2cc(C)cc(C)c2)cc1. The molecule has 24 heavy (non-hydrogen) atoms. The number of aryl methyl sites for hydroxylation is 3. The van der Waals surface area contributed by atoms with Crippen molar-refractivity contribution in [3.05, 3.63) is 64.7 Å². The van der Waals surface area contributed by atoms with Crippen molar-refractivity contribution in [2.75, 3.05) is 5.75 Å². The topological polar surface area (TPSA) is 60.4 Å². The van der Waals surface area contributed by atoms with Crippen LogP contribution in [-0.4, -0.2) is 20.1 Å². The average molecular weight is 346 g/mol. The summed E-state index contributed by atoms with van der Waals surface area (Å²) < 4.78 is 29.6. The molecule has 0 saturated heterocycles. The summed E-state index contributed by atoms with van der Waals surface area (Å²) in [5, 5.41) is 0. The van der Waals surface area contributed by atoms with Gasteiger partial charge in [0.25, 0.3) is 0 Å². The summed E-state index contributed by atoms with van der Waals surface area (Å²) in [6.07, 6.45) is -0.152. The van der Waals surface area contributed by atoms with Crippen LogP contribution in [0.2, 0.25) is 0 Å². The summed E-state index contributed by atoms with van der Waals surface area (Å²) in [5.74, 6) is -0.758. The lowest BCUT2D eigenvalue weighted by Crippen LogP contribution is -2.13. The largest absolute Gasteiger partial charge is 0.461 e. The molecule has 4 nitrogen and oxygen atoms in total. The maximum absolute atomic E-state index is 12.2. The monoisotopic (exact) mass is 346 g/mol. The molecule has 0 unspecified atom stereocenters. The van der Waals surface area contributed by atoms with Gasteiger partial charge in [0.15, 0.2) is 9.84 Å². The minimum absolute atomic E-state index is 0.152. The first-order valence-corrected chi connectivity index (χ1v) is 9.44. The van der Waals surface area contributed by atoms with Crippen LogP contribution >= 0.6 is 0 Å². The fraction of sp³-hybridized carbons (Fsp3) is 0.316. The molecule has 0 heterocycles. The van der Waals surface area contributed by atoms with Crippen molar-refractivity contribution in [1.82, 2.24) is 0 Å². The van der Waals surface area contributed by atoms with Crippen LogP contribution in [0.5, 0.6) is 0 Å². The Hall–Kier alpha value is -2.14. The van der Waals surface area contributed by atoms with E-state index in [0.717, 1.165) is 22.3 Å². The molecule has 0 atom stereocenters. The van der Waals surface area contributed by atoms with Crippen LogP contribution in [0.25, 0.3) is 0 Å². The van der Waals surface area contributed by atoms with E-state index in [9.17, 15) is 13.2 Å². The normalized spacial score (nSPS) is 11.3. The molecule has 2 aromatic rings. The zero-order valence-electron chi connectivity index (χ0n) is 14.2. The number of benzene rings is 2. The van der Waals surface area contributed by atoms with Crippen LogP contribution in [0.1, 0.15) is 28.7 Å². The molecule has 0 fully saturated rings. The molecule has 0 aliphatic heterocycles. The minimum Gasteiger partial charge on any atom is -0.461 e. The molecule has 0 aliphatic carbocycles. The predicted molar refractivity (Wildman–Crippen MR) is 93.6 cm³/mol. The van der Waals surface area contributed by atoms with Gasteiger partial charge in [-0.15, -0.1) is 0 Å². The smallest absolute Gasteiger partial charge is 0.307 e. The molecule has 5 heteroatoms. The second-order valence-electron chi connectivity index (χ2n) is 6.04. The molecule has 128 valence electrons. The molecule has 0 bridgehead atoms.